The molecule has 1 aromatic carbocycles. The molecule has 1 aliphatic heterocycles. The number of amides is 1. The lowest BCUT2D eigenvalue weighted by Crippen LogP contribution is -2.38. The third-order valence-corrected chi connectivity index (χ3v) is 4.09. The second-order valence-corrected chi connectivity index (χ2v) is 5.63. The molecule has 1 amide bonds. The summed E-state index contributed by atoms with van der Waals surface area (Å²) in [4.78, 5) is 25.6. The van der Waals surface area contributed by atoms with E-state index in [1.54, 1.807) is 6.20 Å². The quantitative estimate of drug-likeness (QED) is 0.773. The summed E-state index contributed by atoms with van der Waals surface area (Å²) in [5, 5.41) is 9.21. The predicted octanol–water partition coefficient (Wildman–Crippen LogP) is 2.63. The largest absolute Gasteiger partial charge is 0.441 e. The summed E-state index contributed by atoms with van der Waals surface area (Å²) < 4.78 is 5.35. The summed E-state index contributed by atoms with van der Waals surface area (Å²) >= 11 is 0. The van der Waals surface area contributed by atoms with Crippen molar-refractivity contribution in [2.75, 3.05) is 18.1 Å². The van der Waals surface area contributed by atoms with E-state index in [0.717, 1.165) is 28.0 Å². The van der Waals surface area contributed by atoms with Crippen LogP contribution < -0.4 is 4.90 Å². The van der Waals surface area contributed by atoms with Gasteiger partial charge in [-0.15, -0.1) is 0 Å². The normalized spacial score (nSPS) is 17.0. The van der Waals surface area contributed by atoms with Gasteiger partial charge in [0.2, 0.25) is 0 Å². The smallest absolute Gasteiger partial charge is 0.414 e. The number of carbonyl (C=O) groups is 1. The number of rotatable bonds is 3. The summed E-state index contributed by atoms with van der Waals surface area (Å²) in [7, 11) is 0. The Kier molecular flexibility index (Phi) is 3.42. The highest BCUT2D eigenvalue weighted by Crippen LogP contribution is 2.37. The summed E-state index contributed by atoms with van der Waals surface area (Å²) in [5.41, 5.74) is 3.94. The summed E-state index contributed by atoms with van der Waals surface area (Å²) in [6.07, 6.45) is 0.905. The average molecular weight is 324 g/mol. The van der Waals surface area contributed by atoms with Crippen LogP contribution in [-0.2, 0) is 4.74 Å². The van der Waals surface area contributed by atoms with E-state index in [4.69, 9.17) is 4.74 Å². The topological polar surface area (TPSA) is 91.3 Å². The van der Waals surface area contributed by atoms with E-state index in [9.17, 15) is 9.90 Å². The molecule has 1 unspecified atom stereocenters. The van der Waals surface area contributed by atoms with Crippen molar-refractivity contribution in [2.45, 2.75) is 13.0 Å². The van der Waals surface area contributed by atoms with Crippen LogP contribution in [0.3, 0.4) is 0 Å². The van der Waals surface area contributed by atoms with Crippen molar-refractivity contribution in [3.63, 3.8) is 0 Å². The highest BCUT2D eigenvalue weighted by molar-refractivity contribution is 5.95. The monoisotopic (exact) mass is 324 g/mol. The van der Waals surface area contributed by atoms with Gasteiger partial charge in [0.15, 0.2) is 5.82 Å². The lowest BCUT2D eigenvalue weighted by Gasteiger charge is -2.32. The lowest BCUT2D eigenvalue weighted by atomic mass is 10.0. The van der Waals surface area contributed by atoms with Gasteiger partial charge in [-0.1, -0.05) is 6.07 Å². The molecule has 7 heteroatoms. The van der Waals surface area contributed by atoms with Gasteiger partial charge < -0.3 is 14.8 Å². The molecule has 0 radical (unpaired) electrons. The molecule has 7 nitrogen and oxygen atoms in total. The van der Waals surface area contributed by atoms with Crippen LogP contribution in [0.5, 0.6) is 0 Å². The van der Waals surface area contributed by atoms with Gasteiger partial charge in [-0.05, 0) is 31.2 Å². The number of benzene rings is 1. The van der Waals surface area contributed by atoms with E-state index < -0.39 is 6.09 Å². The molecule has 4 rings (SSSR count). The first-order valence-corrected chi connectivity index (χ1v) is 7.71. The fraction of sp³-hybridized carbons (Fsp3) is 0.235. The molecule has 0 saturated heterocycles. The minimum atomic E-state index is -0.455. The molecule has 24 heavy (non-hydrogen) atoms. The number of hydrogen-bond acceptors (Lipinski definition) is 5. The Morgan fingerprint density at radius 2 is 2.25 bits per heavy atom. The molecule has 122 valence electrons. The van der Waals surface area contributed by atoms with Gasteiger partial charge in [0.05, 0.1) is 29.9 Å². The van der Waals surface area contributed by atoms with Crippen LogP contribution in [0.1, 0.15) is 18.6 Å². The van der Waals surface area contributed by atoms with Crippen LogP contribution in [0, 0.1) is 0 Å². The van der Waals surface area contributed by atoms with Crippen molar-refractivity contribution in [1.82, 2.24) is 15.0 Å². The van der Waals surface area contributed by atoms with Crippen molar-refractivity contribution in [3.8, 4) is 11.5 Å². The number of fused-ring (bicyclic) bond motifs is 2. The number of pyridine rings is 1. The molecule has 2 N–H and O–H groups in total. The van der Waals surface area contributed by atoms with E-state index >= 15 is 0 Å². The first-order chi connectivity index (χ1) is 11.7. The van der Waals surface area contributed by atoms with Gasteiger partial charge in [0.1, 0.15) is 11.8 Å². The molecule has 0 bridgehead atoms. The first-order valence-electron chi connectivity index (χ1n) is 7.71. The number of H-pyrrole nitrogens is 1. The van der Waals surface area contributed by atoms with Crippen molar-refractivity contribution < 1.29 is 14.6 Å². The van der Waals surface area contributed by atoms with Gasteiger partial charge in [-0.3, -0.25) is 9.88 Å². The number of nitrogens with zero attached hydrogens (tertiary/aromatic N) is 3. The Morgan fingerprint density at radius 3 is 3.00 bits per heavy atom. The first kappa shape index (κ1) is 14.6. The van der Waals surface area contributed by atoms with E-state index in [0.29, 0.717) is 5.82 Å². The molecule has 0 fully saturated rings. The van der Waals surface area contributed by atoms with Gasteiger partial charge >= 0.3 is 6.09 Å². The van der Waals surface area contributed by atoms with Gasteiger partial charge in [-0.2, -0.15) is 0 Å². The van der Waals surface area contributed by atoms with E-state index in [2.05, 4.69) is 15.0 Å². The molecule has 0 spiro atoms. The maximum Gasteiger partial charge on any atom is 0.414 e. The maximum absolute atomic E-state index is 12.1. The van der Waals surface area contributed by atoms with Crippen molar-refractivity contribution in [2.24, 2.45) is 0 Å². The Bertz CT molecular complexity index is 907. The van der Waals surface area contributed by atoms with Crippen molar-refractivity contribution >= 4 is 22.8 Å². The Balaban J connectivity index is 1.86. The lowest BCUT2D eigenvalue weighted by molar-refractivity contribution is 0.106. The van der Waals surface area contributed by atoms with Crippen LogP contribution in [-0.4, -0.2) is 39.3 Å². The number of aromatic amines is 1. The van der Waals surface area contributed by atoms with Crippen LogP contribution in [0.15, 0.2) is 36.5 Å². The number of anilines is 1. The predicted molar refractivity (Wildman–Crippen MR) is 88.7 cm³/mol. The number of cyclic esters (lactones) is 1. The van der Waals surface area contributed by atoms with Crippen LogP contribution in [0.2, 0.25) is 0 Å². The summed E-state index contributed by atoms with van der Waals surface area (Å²) in [6.45, 7) is 1.87. The summed E-state index contributed by atoms with van der Waals surface area (Å²) in [5.74, 6) is 0.668. The Hall–Kier alpha value is -2.93. The fourth-order valence-corrected chi connectivity index (χ4v) is 2.93. The zero-order valence-electron chi connectivity index (χ0n) is 13.1. The molecule has 3 aromatic rings. The standard InChI is InChI=1S/C17H16N4O3/c1-10-11-8-13-14(9-15(11)21(6-7-22)17(23)24-10)20-16(19-13)12-4-2-3-5-18-12/h2-5,8-10,22H,6-7H2,1H3,(H,19,20). The number of nitrogens with one attached hydrogen (secondary N) is 1. The number of aliphatic hydroxyl groups excluding tert-OH is 1. The number of β-amino-alcohol motifs (C(OH)–C–C–N with tert-alkyl or cyclic N) is 1. The zero-order chi connectivity index (χ0) is 16.7. The number of carbonyl (C=O) groups excluding carboxylic acids is 1. The van der Waals surface area contributed by atoms with E-state index in [1.807, 2.05) is 37.3 Å². The number of hydrogen-bond donors (Lipinski definition) is 2. The van der Waals surface area contributed by atoms with Crippen LogP contribution in [0.25, 0.3) is 22.6 Å². The molecule has 1 aliphatic rings. The van der Waals surface area contributed by atoms with E-state index in [1.165, 1.54) is 4.90 Å². The minimum absolute atomic E-state index is 0.138. The minimum Gasteiger partial charge on any atom is -0.441 e. The highest BCUT2D eigenvalue weighted by Gasteiger charge is 2.31. The third-order valence-electron chi connectivity index (χ3n) is 4.09. The highest BCUT2D eigenvalue weighted by atomic mass is 16.6. The second-order valence-electron chi connectivity index (χ2n) is 5.63. The number of aliphatic hydroxyl groups is 1. The van der Waals surface area contributed by atoms with Crippen LogP contribution in [0.4, 0.5) is 10.5 Å². The molecular formula is C17H16N4O3. The maximum atomic E-state index is 12.1. The molecule has 2 aromatic heterocycles. The second kappa shape index (κ2) is 5.61. The van der Waals surface area contributed by atoms with Gasteiger partial charge in [-0.25, -0.2) is 9.78 Å². The third kappa shape index (κ3) is 2.30. The van der Waals surface area contributed by atoms with E-state index in [-0.39, 0.29) is 19.3 Å². The molecular weight excluding hydrogens is 308 g/mol. The molecule has 3 heterocycles. The number of ether oxygens (including phenoxy) is 1. The Labute approximate surface area is 137 Å². The number of aromatic nitrogens is 3. The molecule has 1 atom stereocenters. The van der Waals surface area contributed by atoms with Crippen LogP contribution >= 0.6 is 0 Å². The van der Waals surface area contributed by atoms with Crippen molar-refractivity contribution in [3.05, 3.63) is 42.1 Å². The number of imidazole rings is 1. The van der Waals surface area contributed by atoms with Gasteiger partial charge in [0, 0.05) is 11.8 Å². The average Bonchev–Trinajstić information content (AvgIpc) is 3.01. The zero-order valence-corrected chi connectivity index (χ0v) is 13.1. The SMILES string of the molecule is CC1OC(=O)N(CCO)c2cc3nc(-c4ccccn4)[nH]c3cc21. The summed E-state index contributed by atoms with van der Waals surface area (Å²) in [6, 6.07) is 9.41. The van der Waals surface area contributed by atoms with Crippen molar-refractivity contribution in [1.29, 1.82) is 0 Å². The van der Waals surface area contributed by atoms with Gasteiger partial charge in [0.25, 0.3) is 0 Å². The molecule has 0 saturated carbocycles. The Morgan fingerprint density at radius 1 is 1.38 bits per heavy atom. The molecule has 0 aliphatic carbocycles. The fourth-order valence-electron chi connectivity index (χ4n) is 2.93.